The summed E-state index contributed by atoms with van der Waals surface area (Å²) < 4.78 is 53.0. The van der Waals surface area contributed by atoms with Gasteiger partial charge in [0.05, 0.1) is 29.2 Å². The van der Waals surface area contributed by atoms with Crippen LogP contribution in [0.3, 0.4) is 0 Å². The molecule has 12 heteroatoms. The van der Waals surface area contributed by atoms with Gasteiger partial charge in [-0.15, -0.1) is 0 Å². The Morgan fingerprint density at radius 2 is 1.87 bits per heavy atom. The third kappa shape index (κ3) is 9.73. The number of halogens is 2. The summed E-state index contributed by atoms with van der Waals surface area (Å²) in [7, 11) is -3.72. The SMILES string of the molecule is CCCCS(=O)(=O)C[C@@H](NC(=O)c1cccnc1)C(=O)N[C@@H](Cc1cc(F)cc(F)c1)[C@H](O)CNC1CC1. The number of carbonyl (C=O) groups is 2. The van der Waals surface area contributed by atoms with Crippen LogP contribution in [0.25, 0.3) is 0 Å². The van der Waals surface area contributed by atoms with Crippen molar-refractivity contribution >= 4 is 21.7 Å². The minimum Gasteiger partial charge on any atom is -0.390 e. The van der Waals surface area contributed by atoms with Crippen LogP contribution in [0.5, 0.6) is 0 Å². The number of aromatic nitrogens is 1. The van der Waals surface area contributed by atoms with E-state index in [0.29, 0.717) is 18.9 Å². The zero-order valence-corrected chi connectivity index (χ0v) is 22.0. The van der Waals surface area contributed by atoms with Crippen LogP contribution in [0, 0.1) is 11.6 Å². The molecule has 1 saturated carbocycles. The van der Waals surface area contributed by atoms with Crippen molar-refractivity contribution in [2.24, 2.45) is 0 Å². The van der Waals surface area contributed by atoms with Crippen molar-refractivity contribution in [3.05, 3.63) is 65.5 Å². The number of benzene rings is 1. The van der Waals surface area contributed by atoms with Gasteiger partial charge >= 0.3 is 0 Å². The van der Waals surface area contributed by atoms with E-state index in [4.69, 9.17) is 0 Å². The number of aliphatic hydroxyl groups excluding tert-OH is 1. The van der Waals surface area contributed by atoms with E-state index < -0.39 is 57.2 Å². The highest BCUT2D eigenvalue weighted by Gasteiger charge is 2.32. The molecule has 2 aromatic rings. The van der Waals surface area contributed by atoms with E-state index in [-0.39, 0.29) is 35.9 Å². The highest BCUT2D eigenvalue weighted by atomic mass is 32.2. The Kier molecular flexibility index (Phi) is 10.7. The largest absolute Gasteiger partial charge is 0.390 e. The number of hydrogen-bond acceptors (Lipinski definition) is 7. The van der Waals surface area contributed by atoms with Crippen LogP contribution in [0.1, 0.15) is 48.5 Å². The lowest BCUT2D eigenvalue weighted by Gasteiger charge is -2.27. The number of hydrogen-bond donors (Lipinski definition) is 4. The highest BCUT2D eigenvalue weighted by molar-refractivity contribution is 7.91. The van der Waals surface area contributed by atoms with Crippen molar-refractivity contribution in [2.45, 2.75) is 63.3 Å². The topological polar surface area (TPSA) is 137 Å². The highest BCUT2D eigenvalue weighted by Crippen LogP contribution is 2.19. The Bertz CT molecular complexity index is 1180. The first-order chi connectivity index (χ1) is 18.1. The molecule has 38 heavy (non-hydrogen) atoms. The number of sulfone groups is 1. The van der Waals surface area contributed by atoms with Crippen LogP contribution in [-0.2, 0) is 21.1 Å². The first-order valence-electron chi connectivity index (χ1n) is 12.6. The average molecular weight is 553 g/mol. The Hall–Kier alpha value is -2.96. The lowest BCUT2D eigenvalue weighted by atomic mass is 10.00. The van der Waals surface area contributed by atoms with Crippen molar-refractivity contribution in [3.63, 3.8) is 0 Å². The van der Waals surface area contributed by atoms with E-state index in [9.17, 15) is 31.9 Å². The quantitative estimate of drug-likeness (QED) is 0.263. The van der Waals surface area contributed by atoms with Crippen LogP contribution in [0.15, 0.2) is 42.7 Å². The predicted molar refractivity (Wildman–Crippen MR) is 138 cm³/mol. The van der Waals surface area contributed by atoms with Gasteiger partial charge in [-0.2, -0.15) is 0 Å². The van der Waals surface area contributed by atoms with Crippen LogP contribution in [0.4, 0.5) is 8.78 Å². The molecular weight excluding hydrogens is 518 g/mol. The summed E-state index contributed by atoms with van der Waals surface area (Å²) in [6.45, 7) is 1.94. The van der Waals surface area contributed by atoms with Gasteiger partial charge in [-0.05, 0) is 55.5 Å². The Labute approximate surface area is 221 Å². The summed E-state index contributed by atoms with van der Waals surface area (Å²) >= 11 is 0. The zero-order chi connectivity index (χ0) is 27.7. The molecule has 1 aliphatic carbocycles. The fraction of sp³-hybridized carbons (Fsp3) is 0.500. The molecule has 208 valence electrons. The monoisotopic (exact) mass is 552 g/mol. The summed E-state index contributed by atoms with van der Waals surface area (Å²) in [5.41, 5.74) is 0.335. The van der Waals surface area contributed by atoms with Gasteiger partial charge in [0.1, 0.15) is 17.7 Å². The number of nitrogens with one attached hydrogen (secondary N) is 3. The molecule has 1 heterocycles. The van der Waals surface area contributed by atoms with Crippen molar-refractivity contribution in [1.82, 2.24) is 20.9 Å². The van der Waals surface area contributed by atoms with Gasteiger partial charge in [0.2, 0.25) is 5.91 Å². The smallest absolute Gasteiger partial charge is 0.253 e. The second-order valence-electron chi connectivity index (χ2n) is 9.58. The molecule has 0 saturated heterocycles. The van der Waals surface area contributed by atoms with Gasteiger partial charge < -0.3 is 21.1 Å². The molecule has 1 aromatic heterocycles. The minimum atomic E-state index is -3.72. The average Bonchev–Trinajstić information content (AvgIpc) is 3.69. The molecule has 4 N–H and O–H groups in total. The van der Waals surface area contributed by atoms with E-state index in [1.807, 2.05) is 6.92 Å². The molecule has 0 aliphatic heterocycles. The second kappa shape index (κ2) is 13.7. The number of rotatable bonds is 15. The standard InChI is InChI=1S/C26H34F2N4O5S/c1-2-3-9-38(36,37)16-23(32-25(34)18-5-4-8-29-14-18)26(35)31-22(24(33)15-30-21-6-7-21)12-17-10-19(27)13-20(28)11-17/h4-5,8,10-11,13-14,21-24,30,33H,2-3,6-7,9,12,15-16H2,1H3,(H,31,35)(H,32,34)/t22-,23+,24+/m0/s1. The summed E-state index contributed by atoms with van der Waals surface area (Å²) in [4.78, 5) is 30.0. The van der Waals surface area contributed by atoms with Crippen molar-refractivity contribution in [2.75, 3.05) is 18.1 Å². The number of amides is 2. The molecule has 3 atom stereocenters. The molecule has 2 amide bonds. The Morgan fingerprint density at radius 1 is 1.16 bits per heavy atom. The first kappa shape index (κ1) is 29.6. The van der Waals surface area contributed by atoms with E-state index in [1.165, 1.54) is 24.5 Å². The lowest BCUT2D eigenvalue weighted by Crippen LogP contribution is -2.56. The van der Waals surface area contributed by atoms with Crippen LogP contribution < -0.4 is 16.0 Å². The molecule has 9 nitrogen and oxygen atoms in total. The summed E-state index contributed by atoms with van der Waals surface area (Å²) in [5.74, 6) is -3.95. The summed E-state index contributed by atoms with van der Waals surface area (Å²) in [5, 5.41) is 19.1. The second-order valence-corrected chi connectivity index (χ2v) is 11.8. The summed E-state index contributed by atoms with van der Waals surface area (Å²) in [6, 6.07) is 3.67. The molecule has 1 aliphatic rings. The van der Waals surface area contributed by atoms with Crippen LogP contribution in [0.2, 0.25) is 0 Å². The first-order valence-corrected chi connectivity index (χ1v) is 14.5. The maximum absolute atomic E-state index is 13.8. The van der Waals surface area contributed by atoms with E-state index in [2.05, 4.69) is 20.9 Å². The normalized spacial score (nSPS) is 15.9. The number of unbranched alkanes of at least 4 members (excludes halogenated alkanes) is 1. The maximum atomic E-state index is 13.8. The van der Waals surface area contributed by atoms with Crippen LogP contribution >= 0.6 is 0 Å². The van der Waals surface area contributed by atoms with Gasteiger partial charge in [0.15, 0.2) is 9.84 Å². The minimum absolute atomic E-state index is 0.106. The Morgan fingerprint density at radius 3 is 2.47 bits per heavy atom. The van der Waals surface area contributed by atoms with Gasteiger partial charge in [-0.1, -0.05) is 13.3 Å². The molecule has 0 radical (unpaired) electrons. The third-order valence-corrected chi connectivity index (χ3v) is 7.89. The number of aliphatic hydroxyl groups is 1. The fourth-order valence-corrected chi connectivity index (χ4v) is 5.53. The van der Waals surface area contributed by atoms with E-state index in [1.54, 1.807) is 0 Å². The fourth-order valence-electron chi connectivity index (χ4n) is 3.89. The molecule has 3 rings (SSSR count). The van der Waals surface area contributed by atoms with Crippen LogP contribution in [-0.4, -0.2) is 72.6 Å². The van der Waals surface area contributed by atoms with Crippen molar-refractivity contribution in [1.29, 1.82) is 0 Å². The lowest BCUT2D eigenvalue weighted by molar-refractivity contribution is -0.124. The number of pyridine rings is 1. The molecule has 0 spiro atoms. The van der Waals surface area contributed by atoms with E-state index >= 15 is 0 Å². The van der Waals surface area contributed by atoms with Gasteiger partial charge in [0, 0.05) is 31.0 Å². The van der Waals surface area contributed by atoms with Crippen molar-refractivity contribution in [3.8, 4) is 0 Å². The van der Waals surface area contributed by atoms with Gasteiger partial charge in [0.25, 0.3) is 5.91 Å². The maximum Gasteiger partial charge on any atom is 0.253 e. The molecule has 1 aromatic carbocycles. The summed E-state index contributed by atoms with van der Waals surface area (Å²) in [6.07, 6.45) is 4.40. The molecule has 1 fully saturated rings. The zero-order valence-electron chi connectivity index (χ0n) is 21.2. The van der Waals surface area contributed by atoms with Gasteiger partial charge in [-0.25, -0.2) is 17.2 Å². The Balaban J connectivity index is 1.81. The van der Waals surface area contributed by atoms with Crippen molar-refractivity contribution < 1.29 is 31.9 Å². The number of nitrogens with zero attached hydrogens (tertiary/aromatic N) is 1. The predicted octanol–water partition coefficient (Wildman–Crippen LogP) is 1.51. The molecular formula is C26H34F2N4O5S. The van der Waals surface area contributed by atoms with E-state index in [0.717, 1.165) is 25.0 Å². The van der Waals surface area contributed by atoms with Gasteiger partial charge in [-0.3, -0.25) is 14.6 Å². The molecule has 0 unspecified atom stereocenters. The third-order valence-electron chi connectivity index (χ3n) is 6.14. The number of carbonyl (C=O) groups excluding carboxylic acids is 2. The molecule has 0 bridgehead atoms.